The lowest BCUT2D eigenvalue weighted by atomic mass is 9.97. The van der Waals surface area contributed by atoms with Gasteiger partial charge in [0.05, 0.1) is 11.6 Å². The molecule has 0 radical (unpaired) electrons. The second-order valence-electron chi connectivity index (χ2n) is 6.18. The summed E-state index contributed by atoms with van der Waals surface area (Å²) in [7, 11) is 0. The Morgan fingerprint density at radius 1 is 1.27 bits per heavy atom. The molecule has 0 spiro atoms. The number of rotatable bonds is 4. The molecule has 0 aliphatic carbocycles. The fraction of sp³-hybridized carbons (Fsp3) is 0.375. The molecule has 1 unspecified atom stereocenters. The highest BCUT2D eigenvalue weighted by molar-refractivity contribution is 7.10. The number of piperidine rings is 1. The first-order valence-corrected chi connectivity index (χ1v) is 9.12. The average molecular weight is 370 g/mol. The van der Waals surface area contributed by atoms with E-state index >= 15 is 0 Å². The predicted molar refractivity (Wildman–Crippen MR) is 97.4 cm³/mol. The number of amides is 1. The summed E-state index contributed by atoms with van der Waals surface area (Å²) in [6.45, 7) is 3.39. The van der Waals surface area contributed by atoms with Gasteiger partial charge in [-0.05, 0) is 37.4 Å². The number of hydrogen-bond acceptors (Lipinski definition) is 8. The van der Waals surface area contributed by atoms with Gasteiger partial charge in [0.2, 0.25) is 5.91 Å². The third-order valence-electron chi connectivity index (χ3n) is 4.28. The Bertz CT molecular complexity index is 893. The number of nitrogens with one attached hydrogen (secondary N) is 1. The lowest BCUT2D eigenvalue weighted by molar-refractivity contribution is -0.120. The van der Waals surface area contributed by atoms with Crippen LogP contribution in [0.3, 0.4) is 0 Å². The van der Waals surface area contributed by atoms with Gasteiger partial charge in [-0.3, -0.25) is 4.79 Å². The van der Waals surface area contributed by atoms with E-state index in [1.165, 1.54) is 24.2 Å². The number of anilines is 2. The smallest absolute Gasteiger partial charge is 0.229 e. The molecule has 1 fully saturated rings. The molecule has 1 saturated heterocycles. The normalized spacial score (nSPS) is 17.3. The molecule has 4 rings (SSSR count). The highest BCUT2D eigenvalue weighted by Gasteiger charge is 2.27. The lowest BCUT2D eigenvalue weighted by Gasteiger charge is -2.32. The van der Waals surface area contributed by atoms with E-state index in [9.17, 15) is 4.79 Å². The van der Waals surface area contributed by atoms with E-state index < -0.39 is 0 Å². The van der Waals surface area contributed by atoms with Gasteiger partial charge in [0.15, 0.2) is 5.82 Å². The molecule has 0 aromatic carbocycles. The Balaban J connectivity index is 1.46. The van der Waals surface area contributed by atoms with Gasteiger partial charge in [0.1, 0.15) is 29.8 Å². The van der Waals surface area contributed by atoms with Crippen LogP contribution in [0.15, 0.2) is 31.1 Å². The Morgan fingerprint density at radius 2 is 2.15 bits per heavy atom. The minimum absolute atomic E-state index is 0.0314. The van der Waals surface area contributed by atoms with Gasteiger partial charge < -0.3 is 10.2 Å². The molecular formula is C16H18N8OS. The third-order valence-corrected chi connectivity index (χ3v) is 5.08. The van der Waals surface area contributed by atoms with Gasteiger partial charge in [0.25, 0.3) is 0 Å². The highest BCUT2D eigenvalue weighted by atomic mass is 32.1. The van der Waals surface area contributed by atoms with Gasteiger partial charge in [-0.1, -0.05) is 0 Å². The first-order chi connectivity index (χ1) is 12.7. The number of hydrogen-bond donors (Lipinski definition) is 1. The van der Waals surface area contributed by atoms with Crippen LogP contribution in [0.25, 0.3) is 5.82 Å². The van der Waals surface area contributed by atoms with E-state index in [0.29, 0.717) is 12.4 Å². The molecule has 1 amide bonds. The van der Waals surface area contributed by atoms with Crippen molar-refractivity contribution in [2.24, 2.45) is 5.92 Å². The molecule has 9 nitrogen and oxygen atoms in total. The van der Waals surface area contributed by atoms with Gasteiger partial charge in [0, 0.05) is 19.2 Å². The number of carbonyl (C=O) groups excluding carboxylic acids is 1. The standard InChI is InChI=1S/C16H18N8OS/c1-11-5-15(26-22-11)21-16(25)12-3-2-4-23(7-12)13-6-14(19-9-18-13)24-10-17-8-20-24/h5-6,8-10,12H,2-4,7H2,1H3,(H,21,25). The van der Waals surface area contributed by atoms with Gasteiger partial charge in [-0.2, -0.15) is 9.47 Å². The predicted octanol–water partition coefficient (Wildman–Crippen LogP) is 1.68. The molecule has 4 heterocycles. The average Bonchev–Trinajstić information content (AvgIpc) is 3.34. The quantitative estimate of drug-likeness (QED) is 0.745. The van der Waals surface area contributed by atoms with Crippen LogP contribution in [0.2, 0.25) is 0 Å². The van der Waals surface area contributed by atoms with E-state index in [2.05, 4.69) is 34.6 Å². The molecule has 3 aromatic rings. The summed E-state index contributed by atoms with van der Waals surface area (Å²) in [5, 5.41) is 7.86. The van der Waals surface area contributed by atoms with Crippen molar-refractivity contribution >= 4 is 28.3 Å². The van der Waals surface area contributed by atoms with Crippen molar-refractivity contribution in [1.82, 2.24) is 29.1 Å². The summed E-state index contributed by atoms with van der Waals surface area (Å²) in [6, 6.07) is 3.75. The summed E-state index contributed by atoms with van der Waals surface area (Å²) in [5.74, 6) is 1.38. The molecule has 134 valence electrons. The number of carbonyl (C=O) groups is 1. The van der Waals surface area contributed by atoms with Crippen molar-refractivity contribution in [3.05, 3.63) is 36.8 Å². The Labute approximate surface area is 154 Å². The molecule has 1 atom stereocenters. The van der Waals surface area contributed by atoms with Crippen molar-refractivity contribution in [2.45, 2.75) is 19.8 Å². The zero-order valence-corrected chi connectivity index (χ0v) is 15.1. The molecule has 1 aliphatic rings. The summed E-state index contributed by atoms with van der Waals surface area (Å²) in [5.41, 5.74) is 0.914. The molecule has 1 N–H and O–H groups in total. The van der Waals surface area contributed by atoms with Crippen LogP contribution in [0, 0.1) is 12.8 Å². The zero-order chi connectivity index (χ0) is 17.9. The van der Waals surface area contributed by atoms with Gasteiger partial charge in [-0.25, -0.2) is 19.6 Å². The number of aromatic nitrogens is 6. The van der Waals surface area contributed by atoms with Crippen LogP contribution in [-0.2, 0) is 4.79 Å². The summed E-state index contributed by atoms with van der Waals surface area (Å²) in [6.07, 6.45) is 6.36. The second-order valence-corrected chi connectivity index (χ2v) is 6.99. The highest BCUT2D eigenvalue weighted by Crippen LogP contribution is 2.24. The molecule has 0 bridgehead atoms. The Hall–Kier alpha value is -2.88. The first kappa shape index (κ1) is 16.6. The van der Waals surface area contributed by atoms with E-state index in [1.807, 2.05) is 19.1 Å². The molecule has 0 saturated carbocycles. The number of nitrogens with zero attached hydrogens (tertiary/aromatic N) is 7. The van der Waals surface area contributed by atoms with Crippen LogP contribution in [0.5, 0.6) is 0 Å². The maximum atomic E-state index is 12.6. The summed E-state index contributed by atoms with van der Waals surface area (Å²) >= 11 is 1.31. The van der Waals surface area contributed by atoms with Crippen molar-refractivity contribution < 1.29 is 4.79 Å². The van der Waals surface area contributed by atoms with Gasteiger partial charge in [-0.15, -0.1) is 0 Å². The topological polar surface area (TPSA) is 102 Å². The zero-order valence-electron chi connectivity index (χ0n) is 14.2. The summed E-state index contributed by atoms with van der Waals surface area (Å²) in [4.78, 5) is 27.2. The fourth-order valence-corrected chi connectivity index (χ4v) is 3.67. The Morgan fingerprint density at radius 3 is 2.92 bits per heavy atom. The summed E-state index contributed by atoms with van der Waals surface area (Å²) < 4.78 is 5.79. The lowest BCUT2D eigenvalue weighted by Crippen LogP contribution is -2.41. The SMILES string of the molecule is Cc1cc(NC(=O)C2CCCN(c3cc(-n4cncn4)ncn3)C2)sn1. The van der Waals surface area contributed by atoms with Gasteiger partial charge >= 0.3 is 0 Å². The van der Waals surface area contributed by atoms with Crippen LogP contribution in [-0.4, -0.2) is 48.1 Å². The molecule has 10 heteroatoms. The maximum Gasteiger partial charge on any atom is 0.229 e. The van der Waals surface area contributed by atoms with Crippen LogP contribution < -0.4 is 10.2 Å². The van der Waals surface area contributed by atoms with Crippen molar-refractivity contribution in [2.75, 3.05) is 23.3 Å². The molecule has 1 aliphatic heterocycles. The van der Waals surface area contributed by atoms with Crippen LogP contribution in [0.1, 0.15) is 18.5 Å². The third kappa shape index (κ3) is 3.54. The Kier molecular flexibility index (Phi) is 4.57. The second kappa shape index (κ2) is 7.16. The van der Waals surface area contributed by atoms with Crippen molar-refractivity contribution in [3.63, 3.8) is 0 Å². The van der Waals surface area contributed by atoms with E-state index in [-0.39, 0.29) is 11.8 Å². The van der Waals surface area contributed by atoms with Crippen LogP contribution >= 0.6 is 11.5 Å². The van der Waals surface area contributed by atoms with Crippen LogP contribution in [0.4, 0.5) is 10.8 Å². The monoisotopic (exact) mass is 370 g/mol. The first-order valence-electron chi connectivity index (χ1n) is 8.35. The van der Waals surface area contributed by atoms with E-state index in [4.69, 9.17) is 0 Å². The fourth-order valence-electron chi connectivity index (χ4n) is 3.01. The molecular weight excluding hydrogens is 352 g/mol. The molecule has 26 heavy (non-hydrogen) atoms. The minimum atomic E-state index is -0.0871. The van der Waals surface area contributed by atoms with Crippen molar-refractivity contribution in [1.29, 1.82) is 0 Å². The molecule has 3 aromatic heterocycles. The number of aryl methyl sites for hydroxylation is 1. The minimum Gasteiger partial charge on any atom is -0.356 e. The van der Waals surface area contributed by atoms with Crippen molar-refractivity contribution in [3.8, 4) is 5.82 Å². The van der Waals surface area contributed by atoms with E-state index in [1.54, 1.807) is 11.0 Å². The largest absolute Gasteiger partial charge is 0.356 e. The maximum absolute atomic E-state index is 12.6. The van der Waals surface area contributed by atoms with E-state index in [0.717, 1.165) is 35.9 Å².